The Kier molecular flexibility index (Phi) is 6.50. The molecule has 2 N–H and O–H groups in total. The number of pyridine rings is 1. The highest BCUT2D eigenvalue weighted by atomic mass is 35.5. The molecule has 10 heteroatoms. The Bertz CT molecular complexity index is 1270. The van der Waals surface area contributed by atoms with Crippen molar-refractivity contribution in [2.45, 2.75) is 26.7 Å². The highest BCUT2D eigenvalue weighted by molar-refractivity contribution is 7.17. The maximum Gasteiger partial charge on any atom is 0.257 e. The van der Waals surface area contributed by atoms with Crippen molar-refractivity contribution in [3.8, 4) is 10.6 Å². The predicted octanol–water partition coefficient (Wildman–Crippen LogP) is 6.88. The SMILES string of the molecule is Cc1nc(C(C)C)sc1-c1csc(Nc2ccc(C(=O)Nc3ccc(Cl)cc3F)cn2)n1. The van der Waals surface area contributed by atoms with E-state index < -0.39 is 11.7 Å². The summed E-state index contributed by atoms with van der Waals surface area (Å²) >= 11 is 8.86. The Balaban J connectivity index is 1.43. The molecule has 0 unspecified atom stereocenters. The Morgan fingerprint density at radius 1 is 1.19 bits per heavy atom. The molecule has 0 fully saturated rings. The second kappa shape index (κ2) is 9.32. The van der Waals surface area contributed by atoms with Gasteiger partial charge in [0, 0.05) is 22.5 Å². The van der Waals surface area contributed by atoms with Gasteiger partial charge >= 0.3 is 0 Å². The monoisotopic (exact) mass is 487 g/mol. The summed E-state index contributed by atoms with van der Waals surface area (Å²) in [6.45, 7) is 6.24. The fourth-order valence-corrected chi connectivity index (χ4v) is 4.81. The van der Waals surface area contributed by atoms with E-state index in [0.717, 1.165) is 27.3 Å². The van der Waals surface area contributed by atoms with E-state index in [9.17, 15) is 9.18 Å². The molecule has 6 nitrogen and oxygen atoms in total. The minimum absolute atomic E-state index is 0.0518. The molecule has 4 aromatic rings. The van der Waals surface area contributed by atoms with Crippen LogP contribution in [-0.4, -0.2) is 20.9 Å². The van der Waals surface area contributed by atoms with Crippen LogP contribution in [0.2, 0.25) is 5.02 Å². The quantitative estimate of drug-likeness (QED) is 0.310. The molecule has 164 valence electrons. The molecule has 0 aliphatic rings. The van der Waals surface area contributed by atoms with Crippen molar-refractivity contribution in [1.82, 2.24) is 15.0 Å². The van der Waals surface area contributed by atoms with E-state index in [1.807, 2.05) is 12.3 Å². The first-order valence-corrected chi connectivity index (χ1v) is 11.8. The van der Waals surface area contributed by atoms with Gasteiger partial charge < -0.3 is 10.6 Å². The minimum atomic E-state index is -0.603. The summed E-state index contributed by atoms with van der Waals surface area (Å²) in [5.41, 5.74) is 2.20. The van der Waals surface area contributed by atoms with Crippen molar-refractivity contribution in [1.29, 1.82) is 0 Å². The molecule has 1 aromatic carbocycles. The van der Waals surface area contributed by atoms with E-state index in [1.165, 1.54) is 29.7 Å². The molecule has 0 spiro atoms. The van der Waals surface area contributed by atoms with Gasteiger partial charge in [-0.15, -0.1) is 22.7 Å². The lowest BCUT2D eigenvalue weighted by Gasteiger charge is -2.07. The maximum absolute atomic E-state index is 13.9. The van der Waals surface area contributed by atoms with Crippen molar-refractivity contribution < 1.29 is 9.18 Å². The number of aromatic nitrogens is 3. The number of amides is 1. The van der Waals surface area contributed by atoms with Crippen LogP contribution in [0.5, 0.6) is 0 Å². The maximum atomic E-state index is 13.9. The molecule has 32 heavy (non-hydrogen) atoms. The topological polar surface area (TPSA) is 79.8 Å². The van der Waals surface area contributed by atoms with Crippen LogP contribution in [0, 0.1) is 12.7 Å². The standard InChI is InChI=1S/C22H19ClFN5OS2/c1-11(2)21-26-12(3)19(32-21)17-10-31-22(28-17)29-18-7-4-13(9-25-18)20(30)27-16-6-5-14(23)8-15(16)24/h4-11H,1-3H3,(H,27,30)(H,25,28,29). The molecular formula is C22H19ClFN5OS2. The number of anilines is 3. The van der Waals surface area contributed by atoms with Gasteiger partial charge in [-0.1, -0.05) is 25.4 Å². The highest BCUT2D eigenvalue weighted by Gasteiger charge is 2.15. The number of nitrogens with zero attached hydrogens (tertiary/aromatic N) is 3. The highest BCUT2D eigenvalue weighted by Crippen LogP contribution is 2.35. The summed E-state index contributed by atoms with van der Waals surface area (Å²) in [6.07, 6.45) is 1.42. The summed E-state index contributed by atoms with van der Waals surface area (Å²) in [5, 5.41) is 9.68. The van der Waals surface area contributed by atoms with E-state index in [4.69, 9.17) is 11.6 Å². The Hall–Kier alpha value is -2.88. The van der Waals surface area contributed by atoms with Gasteiger partial charge in [0.1, 0.15) is 11.6 Å². The molecule has 0 aliphatic carbocycles. The van der Waals surface area contributed by atoms with E-state index >= 15 is 0 Å². The van der Waals surface area contributed by atoms with Crippen LogP contribution in [0.4, 0.5) is 21.0 Å². The van der Waals surface area contributed by atoms with E-state index in [0.29, 0.717) is 22.4 Å². The van der Waals surface area contributed by atoms with E-state index in [2.05, 4.69) is 39.4 Å². The van der Waals surface area contributed by atoms with Crippen molar-refractivity contribution in [3.05, 3.63) is 69.0 Å². The summed E-state index contributed by atoms with van der Waals surface area (Å²) in [6, 6.07) is 7.33. The summed E-state index contributed by atoms with van der Waals surface area (Å²) in [7, 11) is 0. The van der Waals surface area contributed by atoms with Gasteiger partial charge in [0.25, 0.3) is 5.91 Å². The molecule has 3 heterocycles. The lowest BCUT2D eigenvalue weighted by Crippen LogP contribution is -2.13. The first-order chi connectivity index (χ1) is 15.3. The number of carbonyl (C=O) groups excluding carboxylic acids is 1. The average Bonchev–Trinajstić information content (AvgIpc) is 3.37. The normalized spacial score (nSPS) is 11.1. The number of benzene rings is 1. The second-order valence-corrected chi connectivity index (χ2v) is 9.62. The molecule has 0 saturated carbocycles. The molecule has 3 aromatic heterocycles. The number of hydrogen-bond acceptors (Lipinski definition) is 7. The van der Waals surface area contributed by atoms with Crippen LogP contribution in [0.15, 0.2) is 41.9 Å². The van der Waals surface area contributed by atoms with Gasteiger partial charge in [-0.25, -0.2) is 19.3 Å². The van der Waals surface area contributed by atoms with Crippen LogP contribution < -0.4 is 10.6 Å². The number of halogens is 2. The summed E-state index contributed by atoms with van der Waals surface area (Å²) in [4.78, 5) is 27.0. The molecule has 0 aliphatic heterocycles. The third-order valence-electron chi connectivity index (χ3n) is 4.48. The van der Waals surface area contributed by atoms with Gasteiger partial charge in [0.15, 0.2) is 5.13 Å². The molecule has 1 amide bonds. The second-order valence-electron chi connectivity index (χ2n) is 7.29. The summed E-state index contributed by atoms with van der Waals surface area (Å²) < 4.78 is 13.9. The number of thiazole rings is 2. The minimum Gasteiger partial charge on any atom is -0.319 e. The largest absolute Gasteiger partial charge is 0.319 e. The lowest BCUT2D eigenvalue weighted by molar-refractivity contribution is 0.102. The molecule has 0 bridgehead atoms. The molecule has 0 radical (unpaired) electrons. The number of hydrogen-bond donors (Lipinski definition) is 2. The van der Waals surface area contributed by atoms with Crippen molar-refractivity contribution in [2.75, 3.05) is 10.6 Å². The Labute approximate surface area is 197 Å². The van der Waals surface area contributed by atoms with Crippen LogP contribution >= 0.6 is 34.3 Å². The van der Waals surface area contributed by atoms with Gasteiger partial charge in [-0.3, -0.25) is 4.79 Å². The summed E-state index contributed by atoms with van der Waals surface area (Å²) in [5.74, 6) is -0.152. The van der Waals surface area contributed by atoms with Crippen LogP contribution in [0.25, 0.3) is 10.6 Å². The number of nitrogens with one attached hydrogen (secondary N) is 2. The zero-order chi connectivity index (χ0) is 22.8. The predicted molar refractivity (Wildman–Crippen MR) is 129 cm³/mol. The number of aryl methyl sites for hydroxylation is 1. The van der Waals surface area contributed by atoms with E-state index in [1.54, 1.807) is 23.5 Å². The third kappa shape index (κ3) is 4.95. The zero-order valence-corrected chi connectivity index (χ0v) is 19.8. The average molecular weight is 488 g/mol. The third-order valence-corrected chi connectivity index (χ3v) is 6.96. The van der Waals surface area contributed by atoms with Gasteiger partial charge in [-0.05, 0) is 37.3 Å². The first-order valence-electron chi connectivity index (χ1n) is 9.73. The van der Waals surface area contributed by atoms with Crippen LogP contribution in [0.1, 0.15) is 40.8 Å². The van der Waals surface area contributed by atoms with Crippen LogP contribution in [0.3, 0.4) is 0 Å². The fraction of sp³-hybridized carbons (Fsp3) is 0.182. The molecule has 0 saturated heterocycles. The van der Waals surface area contributed by atoms with Crippen LogP contribution in [-0.2, 0) is 0 Å². The van der Waals surface area contributed by atoms with E-state index in [-0.39, 0.29) is 10.7 Å². The Morgan fingerprint density at radius 2 is 2.00 bits per heavy atom. The fourth-order valence-electron chi connectivity index (χ4n) is 2.83. The van der Waals surface area contributed by atoms with Crippen molar-refractivity contribution in [2.24, 2.45) is 0 Å². The van der Waals surface area contributed by atoms with Gasteiger partial charge in [0.2, 0.25) is 0 Å². The number of carbonyl (C=O) groups is 1. The first kappa shape index (κ1) is 22.3. The van der Waals surface area contributed by atoms with Crippen molar-refractivity contribution >= 4 is 56.8 Å². The zero-order valence-electron chi connectivity index (χ0n) is 17.4. The van der Waals surface area contributed by atoms with Crippen molar-refractivity contribution in [3.63, 3.8) is 0 Å². The lowest BCUT2D eigenvalue weighted by atomic mass is 10.2. The Morgan fingerprint density at radius 3 is 2.66 bits per heavy atom. The number of rotatable bonds is 6. The van der Waals surface area contributed by atoms with Gasteiger partial charge in [0.05, 0.1) is 32.5 Å². The molecule has 0 atom stereocenters. The molecular weight excluding hydrogens is 469 g/mol. The molecule has 4 rings (SSSR count). The van der Waals surface area contributed by atoms with Gasteiger partial charge in [-0.2, -0.15) is 0 Å². The smallest absolute Gasteiger partial charge is 0.257 e.